The standard InChI is InChI=1S/C14H23N3O3/c1-5-10(2)14(3,20)9-15-13(19)16-11-7-6-8-17(4)12(11)18/h6-8,10,20H,5,9H2,1-4H3,(H2,15,16,19). The molecule has 0 aliphatic heterocycles. The number of carbonyl (C=O) groups excluding carboxylic acids is 1. The Hall–Kier alpha value is -1.82. The van der Waals surface area contributed by atoms with Gasteiger partial charge in [-0.25, -0.2) is 4.79 Å². The average molecular weight is 281 g/mol. The van der Waals surface area contributed by atoms with E-state index in [0.717, 1.165) is 6.42 Å². The van der Waals surface area contributed by atoms with Crippen LogP contribution in [0.4, 0.5) is 10.5 Å². The Labute approximate surface area is 118 Å². The molecule has 1 heterocycles. The van der Waals surface area contributed by atoms with Crippen LogP contribution in [0.2, 0.25) is 0 Å². The molecule has 0 aliphatic carbocycles. The number of hydrogen-bond donors (Lipinski definition) is 3. The largest absolute Gasteiger partial charge is 0.388 e. The van der Waals surface area contributed by atoms with Gasteiger partial charge in [0.15, 0.2) is 0 Å². The lowest BCUT2D eigenvalue weighted by Gasteiger charge is -2.29. The molecule has 3 N–H and O–H groups in total. The molecule has 0 spiro atoms. The Balaban J connectivity index is 2.61. The summed E-state index contributed by atoms with van der Waals surface area (Å²) in [4.78, 5) is 23.5. The Bertz CT molecular complexity index is 523. The lowest BCUT2D eigenvalue weighted by molar-refractivity contribution is 0.00827. The first-order chi connectivity index (χ1) is 9.27. The number of nitrogens with zero attached hydrogens (tertiary/aromatic N) is 1. The van der Waals surface area contributed by atoms with Crippen LogP contribution < -0.4 is 16.2 Å². The van der Waals surface area contributed by atoms with Crippen molar-refractivity contribution in [2.45, 2.75) is 32.8 Å². The highest BCUT2D eigenvalue weighted by Gasteiger charge is 2.27. The number of urea groups is 1. The number of pyridine rings is 1. The van der Waals surface area contributed by atoms with Gasteiger partial charge in [-0.1, -0.05) is 20.3 Å². The molecule has 1 rings (SSSR count). The molecule has 6 heteroatoms. The summed E-state index contributed by atoms with van der Waals surface area (Å²) in [6, 6.07) is 2.71. The van der Waals surface area contributed by atoms with Crippen molar-refractivity contribution in [1.82, 2.24) is 9.88 Å². The molecule has 0 aliphatic rings. The molecule has 0 saturated heterocycles. The number of amides is 2. The van der Waals surface area contributed by atoms with Crippen molar-refractivity contribution in [3.63, 3.8) is 0 Å². The maximum Gasteiger partial charge on any atom is 0.319 e. The van der Waals surface area contributed by atoms with Gasteiger partial charge in [0.05, 0.1) is 5.60 Å². The maximum atomic E-state index is 11.8. The minimum Gasteiger partial charge on any atom is -0.388 e. The molecule has 112 valence electrons. The van der Waals surface area contributed by atoms with E-state index in [1.54, 1.807) is 26.2 Å². The van der Waals surface area contributed by atoms with E-state index in [1.807, 2.05) is 13.8 Å². The monoisotopic (exact) mass is 281 g/mol. The second kappa shape index (κ2) is 6.56. The number of aliphatic hydroxyl groups is 1. The van der Waals surface area contributed by atoms with Gasteiger partial charge in [-0.05, 0) is 25.0 Å². The second-order valence-corrected chi connectivity index (χ2v) is 5.31. The summed E-state index contributed by atoms with van der Waals surface area (Å²) in [6.07, 6.45) is 2.43. The number of rotatable bonds is 5. The van der Waals surface area contributed by atoms with Crippen molar-refractivity contribution in [3.05, 3.63) is 28.7 Å². The molecular weight excluding hydrogens is 258 g/mol. The maximum absolute atomic E-state index is 11.8. The van der Waals surface area contributed by atoms with Gasteiger partial charge < -0.3 is 20.3 Å². The molecular formula is C14H23N3O3. The SMILES string of the molecule is CCC(C)C(C)(O)CNC(=O)Nc1cccn(C)c1=O. The molecule has 2 amide bonds. The lowest BCUT2D eigenvalue weighted by Crippen LogP contribution is -2.46. The van der Waals surface area contributed by atoms with Crippen LogP contribution in [0.1, 0.15) is 27.2 Å². The summed E-state index contributed by atoms with van der Waals surface area (Å²) in [6.45, 7) is 5.71. The highest BCUT2D eigenvalue weighted by atomic mass is 16.3. The number of aryl methyl sites for hydroxylation is 1. The third-order valence-corrected chi connectivity index (χ3v) is 3.65. The van der Waals surface area contributed by atoms with Crippen molar-refractivity contribution >= 4 is 11.7 Å². The molecule has 1 aromatic heterocycles. The zero-order valence-electron chi connectivity index (χ0n) is 12.4. The fourth-order valence-corrected chi connectivity index (χ4v) is 1.73. The van der Waals surface area contributed by atoms with Gasteiger partial charge in [0.2, 0.25) is 0 Å². The van der Waals surface area contributed by atoms with Crippen molar-refractivity contribution in [1.29, 1.82) is 0 Å². The van der Waals surface area contributed by atoms with Crippen LogP contribution in [0, 0.1) is 5.92 Å². The minimum atomic E-state index is -0.978. The van der Waals surface area contributed by atoms with Gasteiger partial charge in [0.25, 0.3) is 5.56 Å². The molecule has 0 aromatic carbocycles. The number of nitrogens with one attached hydrogen (secondary N) is 2. The molecule has 0 bridgehead atoms. The van der Waals surface area contributed by atoms with E-state index < -0.39 is 11.6 Å². The lowest BCUT2D eigenvalue weighted by atomic mass is 9.89. The topological polar surface area (TPSA) is 83.4 Å². The minimum absolute atomic E-state index is 0.0624. The highest BCUT2D eigenvalue weighted by Crippen LogP contribution is 2.18. The van der Waals surface area contributed by atoms with Crippen molar-refractivity contribution in [2.24, 2.45) is 13.0 Å². The Morgan fingerprint density at radius 2 is 2.20 bits per heavy atom. The molecule has 6 nitrogen and oxygen atoms in total. The third kappa shape index (κ3) is 4.09. The Morgan fingerprint density at radius 1 is 1.55 bits per heavy atom. The van der Waals surface area contributed by atoms with E-state index in [9.17, 15) is 14.7 Å². The normalized spacial score (nSPS) is 15.2. The summed E-state index contributed by atoms with van der Waals surface area (Å²) in [5, 5.41) is 15.3. The van der Waals surface area contributed by atoms with Crippen LogP contribution in [0.5, 0.6) is 0 Å². The van der Waals surface area contributed by atoms with E-state index in [0.29, 0.717) is 0 Å². The smallest absolute Gasteiger partial charge is 0.319 e. The third-order valence-electron chi connectivity index (χ3n) is 3.65. The second-order valence-electron chi connectivity index (χ2n) is 5.31. The van der Waals surface area contributed by atoms with E-state index in [2.05, 4.69) is 10.6 Å². The number of carbonyl (C=O) groups is 1. The summed E-state index contributed by atoms with van der Waals surface area (Å²) >= 11 is 0. The van der Waals surface area contributed by atoms with Gasteiger partial charge in [-0.15, -0.1) is 0 Å². The van der Waals surface area contributed by atoms with Crippen LogP contribution in [-0.4, -0.2) is 27.9 Å². The first-order valence-electron chi connectivity index (χ1n) is 6.70. The fraction of sp³-hybridized carbons (Fsp3) is 0.571. The Morgan fingerprint density at radius 3 is 2.80 bits per heavy atom. The summed E-state index contributed by atoms with van der Waals surface area (Å²) < 4.78 is 1.38. The summed E-state index contributed by atoms with van der Waals surface area (Å²) in [5.74, 6) is 0.0624. The van der Waals surface area contributed by atoms with Crippen molar-refractivity contribution in [3.8, 4) is 0 Å². The molecule has 20 heavy (non-hydrogen) atoms. The molecule has 1 aromatic rings. The predicted molar refractivity (Wildman–Crippen MR) is 78.8 cm³/mol. The number of hydrogen-bond acceptors (Lipinski definition) is 3. The summed E-state index contributed by atoms with van der Waals surface area (Å²) in [7, 11) is 1.61. The van der Waals surface area contributed by atoms with Crippen molar-refractivity contribution < 1.29 is 9.90 Å². The van der Waals surface area contributed by atoms with Crippen LogP contribution >= 0.6 is 0 Å². The zero-order valence-corrected chi connectivity index (χ0v) is 12.4. The average Bonchev–Trinajstić information content (AvgIpc) is 2.41. The van der Waals surface area contributed by atoms with Crippen LogP contribution in [0.3, 0.4) is 0 Å². The zero-order chi connectivity index (χ0) is 15.3. The van der Waals surface area contributed by atoms with Gasteiger partial charge >= 0.3 is 6.03 Å². The van der Waals surface area contributed by atoms with Crippen LogP contribution in [-0.2, 0) is 7.05 Å². The van der Waals surface area contributed by atoms with Gasteiger partial charge in [0, 0.05) is 19.8 Å². The van der Waals surface area contributed by atoms with Crippen molar-refractivity contribution in [2.75, 3.05) is 11.9 Å². The Kier molecular flexibility index (Phi) is 5.33. The molecule has 2 atom stereocenters. The molecule has 0 radical (unpaired) electrons. The molecule has 2 unspecified atom stereocenters. The molecule has 0 saturated carbocycles. The van der Waals surface area contributed by atoms with E-state index in [4.69, 9.17) is 0 Å². The van der Waals surface area contributed by atoms with Gasteiger partial charge in [-0.3, -0.25) is 4.79 Å². The summed E-state index contributed by atoms with van der Waals surface area (Å²) in [5.41, 5.74) is -1.06. The van der Waals surface area contributed by atoms with E-state index in [1.165, 1.54) is 10.6 Å². The fourth-order valence-electron chi connectivity index (χ4n) is 1.73. The van der Waals surface area contributed by atoms with Gasteiger partial charge in [0.1, 0.15) is 5.69 Å². The predicted octanol–water partition coefficient (Wildman–Crippen LogP) is 1.30. The number of aromatic nitrogens is 1. The molecule has 0 fully saturated rings. The van der Waals surface area contributed by atoms with E-state index in [-0.39, 0.29) is 23.7 Å². The highest BCUT2D eigenvalue weighted by molar-refractivity contribution is 5.88. The number of anilines is 1. The van der Waals surface area contributed by atoms with Gasteiger partial charge in [-0.2, -0.15) is 0 Å². The first-order valence-corrected chi connectivity index (χ1v) is 6.70. The first kappa shape index (κ1) is 16.2. The van der Waals surface area contributed by atoms with E-state index >= 15 is 0 Å². The van der Waals surface area contributed by atoms with Crippen LogP contribution in [0.25, 0.3) is 0 Å². The van der Waals surface area contributed by atoms with Crippen LogP contribution in [0.15, 0.2) is 23.1 Å². The quantitative estimate of drug-likeness (QED) is 0.760.